The molecule has 0 saturated heterocycles. The summed E-state index contributed by atoms with van der Waals surface area (Å²) in [5.41, 5.74) is -0.376. The Morgan fingerprint density at radius 1 is 1.31 bits per heavy atom. The minimum Gasteiger partial charge on any atom is -0.464 e. The van der Waals surface area contributed by atoms with Crippen molar-refractivity contribution in [2.24, 2.45) is 0 Å². The zero-order chi connectivity index (χ0) is 21.2. The Morgan fingerprint density at radius 2 is 2.00 bits per heavy atom. The molecule has 0 bridgehead atoms. The molecule has 0 spiro atoms. The topological polar surface area (TPSA) is 93.5 Å². The molecule has 1 aromatic carbocycles. The Balaban J connectivity index is 1.88. The third-order valence-electron chi connectivity index (χ3n) is 5.04. The summed E-state index contributed by atoms with van der Waals surface area (Å²) >= 11 is 0. The second-order valence-electron chi connectivity index (χ2n) is 7.10. The standard InChI is InChI=1S/C20H23FN4O4/c1-4-9-25-17(26)16-15(18(27)29-3)23-12-24(16)11-20(25,2)19(28)22-10-13-5-7-14(21)8-6-13/h5-8,12H,4,9-11H2,1-3H3,(H,22,28)/t20-/m0/s1. The fourth-order valence-corrected chi connectivity index (χ4v) is 3.48. The van der Waals surface area contributed by atoms with Gasteiger partial charge in [-0.25, -0.2) is 14.2 Å². The molecule has 0 saturated carbocycles. The lowest BCUT2D eigenvalue weighted by Crippen LogP contribution is -2.64. The van der Waals surface area contributed by atoms with E-state index in [1.165, 1.54) is 35.0 Å². The van der Waals surface area contributed by atoms with Crippen LogP contribution in [-0.4, -0.2) is 51.4 Å². The highest BCUT2D eigenvalue weighted by Gasteiger charge is 2.48. The number of nitrogens with zero attached hydrogens (tertiary/aromatic N) is 3. The predicted octanol–water partition coefficient (Wildman–Crippen LogP) is 1.75. The highest BCUT2D eigenvalue weighted by atomic mass is 19.1. The van der Waals surface area contributed by atoms with E-state index in [9.17, 15) is 18.8 Å². The zero-order valence-corrected chi connectivity index (χ0v) is 16.6. The summed E-state index contributed by atoms with van der Waals surface area (Å²) in [5.74, 6) is -1.85. The van der Waals surface area contributed by atoms with Crippen molar-refractivity contribution in [2.45, 2.75) is 38.9 Å². The second kappa shape index (κ2) is 8.02. The van der Waals surface area contributed by atoms with Crippen LogP contribution in [0.5, 0.6) is 0 Å². The third-order valence-corrected chi connectivity index (χ3v) is 5.04. The number of esters is 1. The van der Waals surface area contributed by atoms with Crippen LogP contribution in [-0.2, 0) is 22.6 Å². The Labute approximate surface area is 167 Å². The fourth-order valence-electron chi connectivity index (χ4n) is 3.48. The van der Waals surface area contributed by atoms with Gasteiger partial charge in [-0.15, -0.1) is 0 Å². The van der Waals surface area contributed by atoms with Gasteiger partial charge in [0.05, 0.1) is 20.0 Å². The number of carbonyl (C=O) groups is 3. The lowest BCUT2D eigenvalue weighted by Gasteiger charge is -2.43. The number of nitrogens with one attached hydrogen (secondary N) is 1. The molecule has 2 heterocycles. The van der Waals surface area contributed by atoms with E-state index in [-0.39, 0.29) is 36.2 Å². The molecule has 1 aliphatic heterocycles. The number of fused-ring (bicyclic) bond motifs is 1. The van der Waals surface area contributed by atoms with Crippen molar-refractivity contribution in [1.29, 1.82) is 0 Å². The molecule has 2 amide bonds. The molecule has 0 fully saturated rings. The number of halogens is 1. The van der Waals surface area contributed by atoms with Gasteiger partial charge >= 0.3 is 5.97 Å². The highest BCUT2D eigenvalue weighted by molar-refractivity contribution is 6.06. The molecule has 2 aromatic rings. The number of carbonyl (C=O) groups excluding carboxylic acids is 3. The number of imidazole rings is 1. The van der Waals surface area contributed by atoms with Gasteiger partial charge in [-0.05, 0) is 31.0 Å². The molecule has 0 aliphatic carbocycles. The van der Waals surface area contributed by atoms with Gasteiger partial charge in [-0.2, -0.15) is 0 Å². The smallest absolute Gasteiger partial charge is 0.359 e. The summed E-state index contributed by atoms with van der Waals surface area (Å²) in [6, 6.07) is 5.82. The van der Waals surface area contributed by atoms with E-state index in [1.807, 2.05) is 6.92 Å². The van der Waals surface area contributed by atoms with Crippen molar-refractivity contribution in [1.82, 2.24) is 19.8 Å². The van der Waals surface area contributed by atoms with Gasteiger partial charge in [0.1, 0.15) is 17.1 Å². The molecule has 9 heteroatoms. The average molecular weight is 402 g/mol. The minimum atomic E-state index is -1.17. The third kappa shape index (κ3) is 3.72. The maximum atomic E-state index is 13.2. The van der Waals surface area contributed by atoms with Crippen molar-refractivity contribution in [2.75, 3.05) is 13.7 Å². The Hall–Kier alpha value is -3.23. The number of benzene rings is 1. The predicted molar refractivity (Wildman–Crippen MR) is 102 cm³/mol. The van der Waals surface area contributed by atoms with Crippen molar-refractivity contribution < 1.29 is 23.5 Å². The Bertz CT molecular complexity index is 940. The first-order chi connectivity index (χ1) is 13.8. The molecular weight excluding hydrogens is 379 g/mol. The van der Waals surface area contributed by atoms with E-state index in [1.54, 1.807) is 19.1 Å². The first-order valence-corrected chi connectivity index (χ1v) is 9.30. The first-order valence-electron chi connectivity index (χ1n) is 9.30. The van der Waals surface area contributed by atoms with Crippen LogP contribution < -0.4 is 5.32 Å². The Morgan fingerprint density at radius 3 is 2.62 bits per heavy atom. The number of ether oxygens (including phenoxy) is 1. The quantitative estimate of drug-likeness (QED) is 0.743. The van der Waals surface area contributed by atoms with Crippen molar-refractivity contribution in [3.8, 4) is 0 Å². The lowest BCUT2D eigenvalue weighted by molar-refractivity contribution is -0.133. The number of amides is 2. The van der Waals surface area contributed by atoms with E-state index >= 15 is 0 Å². The summed E-state index contributed by atoms with van der Waals surface area (Å²) in [5, 5.41) is 2.83. The maximum absolute atomic E-state index is 13.2. The highest BCUT2D eigenvalue weighted by Crippen LogP contribution is 2.29. The molecule has 0 radical (unpaired) electrons. The SMILES string of the molecule is CCCN1C(=O)c2c(C(=O)OC)ncn2C[C@@]1(C)C(=O)NCc1ccc(F)cc1. The average Bonchev–Trinajstić information content (AvgIpc) is 3.13. The van der Waals surface area contributed by atoms with Gasteiger partial charge in [-0.1, -0.05) is 19.1 Å². The summed E-state index contributed by atoms with van der Waals surface area (Å²) in [6.07, 6.45) is 2.00. The molecule has 154 valence electrons. The van der Waals surface area contributed by atoms with Crippen molar-refractivity contribution in [3.05, 3.63) is 53.4 Å². The van der Waals surface area contributed by atoms with Crippen LogP contribution >= 0.6 is 0 Å². The van der Waals surface area contributed by atoms with Crippen LogP contribution in [0, 0.1) is 5.82 Å². The molecule has 8 nitrogen and oxygen atoms in total. The largest absolute Gasteiger partial charge is 0.464 e. The molecule has 1 aromatic heterocycles. The number of hydrogen-bond acceptors (Lipinski definition) is 5. The van der Waals surface area contributed by atoms with Crippen LogP contribution in [0.15, 0.2) is 30.6 Å². The summed E-state index contributed by atoms with van der Waals surface area (Å²) in [7, 11) is 1.22. The Kier molecular flexibility index (Phi) is 5.67. The van der Waals surface area contributed by atoms with Crippen LogP contribution in [0.25, 0.3) is 0 Å². The van der Waals surface area contributed by atoms with Crippen LogP contribution in [0.1, 0.15) is 46.8 Å². The first kappa shape index (κ1) is 20.5. The van der Waals surface area contributed by atoms with Gasteiger partial charge in [0.15, 0.2) is 5.69 Å². The number of methoxy groups -OCH3 is 1. The molecule has 3 rings (SSSR count). The van der Waals surface area contributed by atoms with Crippen molar-refractivity contribution >= 4 is 17.8 Å². The normalized spacial score (nSPS) is 18.3. The minimum absolute atomic E-state index is 0.0626. The van der Waals surface area contributed by atoms with Gasteiger partial charge in [0, 0.05) is 13.1 Å². The van der Waals surface area contributed by atoms with Crippen LogP contribution in [0.4, 0.5) is 4.39 Å². The number of hydrogen-bond donors (Lipinski definition) is 1. The molecule has 1 aliphatic rings. The summed E-state index contributed by atoms with van der Waals surface area (Å²) in [6.45, 7) is 4.27. The molecule has 1 N–H and O–H groups in total. The zero-order valence-electron chi connectivity index (χ0n) is 16.6. The summed E-state index contributed by atoms with van der Waals surface area (Å²) < 4.78 is 19.3. The fraction of sp³-hybridized carbons (Fsp3) is 0.400. The second-order valence-corrected chi connectivity index (χ2v) is 7.10. The van der Waals surface area contributed by atoms with E-state index in [4.69, 9.17) is 4.74 Å². The van der Waals surface area contributed by atoms with Gasteiger partial charge in [0.25, 0.3) is 5.91 Å². The van der Waals surface area contributed by atoms with Gasteiger partial charge in [-0.3, -0.25) is 9.59 Å². The number of rotatable bonds is 6. The van der Waals surface area contributed by atoms with Crippen LogP contribution in [0.3, 0.4) is 0 Å². The van der Waals surface area contributed by atoms with Crippen LogP contribution in [0.2, 0.25) is 0 Å². The van der Waals surface area contributed by atoms with Gasteiger partial charge in [0.2, 0.25) is 5.91 Å². The number of aromatic nitrogens is 2. The monoisotopic (exact) mass is 402 g/mol. The molecule has 1 atom stereocenters. The summed E-state index contributed by atoms with van der Waals surface area (Å²) in [4.78, 5) is 43.7. The van der Waals surface area contributed by atoms with E-state index in [0.29, 0.717) is 13.0 Å². The molecule has 0 unspecified atom stereocenters. The van der Waals surface area contributed by atoms with Crippen molar-refractivity contribution in [3.63, 3.8) is 0 Å². The van der Waals surface area contributed by atoms with Gasteiger partial charge < -0.3 is 19.5 Å². The van der Waals surface area contributed by atoms with E-state index < -0.39 is 17.4 Å². The lowest BCUT2D eigenvalue weighted by atomic mass is 9.94. The maximum Gasteiger partial charge on any atom is 0.359 e. The van der Waals surface area contributed by atoms with E-state index in [2.05, 4.69) is 10.3 Å². The molecular formula is C20H23FN4O4. The molecule has 29 heavy (non-hydrogen) atoms. The van der Waals surface area contributed by atoms with E-state index in [0.717, 1.165) is 5.56 Å².